The standard InChI is InChI=1S/C13H19ClO2.H3O3P/c1-5-13(6-2,16-4)10-7-11(14)9-12(8-10)15-3;1-4(2)3/h7-9H,5-6H2,1-4H3;4H,(H2,1,2,3). The van der Waals surface area contributed by atoms with Gasteiger partial charge >= 0.3 is 8.25 Å². The zero-order valence-electron chi connectivity index (χ0n) is 12.1. The van der Waals surface area contributed by atoms with Gasteiger partial charge in [0.05, 0.1) is 12.7 Å². The lowest BCUT2D eigenvalue weighted by atomic mass is 9.88. The average molecular weight is 325 g/mol. The van der Waals surface area contributed by atoms with Crippen molar-refractivity contribution in [2.45, 2.75) is 32.3 Å². The quantitative estimate of drug-likeness (QED) is 0.812. The summed E-state index contributed by atoms with van der Waals surface area (Å²) in [4.78, 5) is 14.3. The molecule has 0 aliphatic heterocycles. The summed E-state index contributed by atoms with van der Waals surface area (Å²) in [5.41, 5.74) is 0.808. The SMILES string of the molecule is CCC(CC)(OC)c1cc(Cl)cc(OC)c1.O=[PH](O)O. The molecular weight excluding hydrogens is 303 g/mol. The van der Waals surface area contributed by atoms with Crippen molar-refractivity contribution in [1.29, 1.82) is 0 Å². The van der Waals surface area contributed by atoms with Gasteiger partial charge in [0.25, 0.3) is 0 Å². The van der Waals surface area contributed by atoms with Crippen molar-refractivity contribution in [2.75, 3.05) is 14.2 Å². The molecule has 0 heterocycles. The maximum atomic E-state index is 8.74. The molecule has 0 bridgehead atoms. The number of hydrogen-bond acceptors (Lipinski definition) is 3. The van der Waals surface area contributed by atoms with Crippen LogP contribution >= 0.6 is 19.9 Å². The van der Waals surface area contributed by atoms with Crippen molar-refractivity contribution in [2.24, 2.45) is 0 Å². The third-order valence-electron chi connectivity index (χ3n) is 3.17. The van der Waals surface area contributed by atoms with Gasteiger partial charge in [-0.3, -0.25) is 4.57 Å². The van der Waals surface area contributed by atoms with Crippen molar-refractivity contribution >= 4 is 19.9 Å². The summed E-state index contributed by atoms with van der Waals surface area (Å²) in [5, 5.41) is 0.678. The Morgan fingerprint density at radius 3 is 2.05 bits per heavy atom. The molecule has 5 nitrogen and oxygen atoms in total. The number of benzene rings is 1. The lowest BCUT2D eigenvalue weighted by Gasteiger charge is -2.31. The Hall–Kier alpha value is -0.580. The monoisotopic (exact) mass is 324 g/mol. The maximum Gasteiger partial charge on any atom is 0.314 e. The second kappa shape index (κ2) is 9.37. The van der Waals surface area contributed by atoms with Crippen LogP contribution in [0.2, 0.25) is 5.02 Å². The number of rotatable bonds is 5. The maximum absolute atomic E-state index is 8.74. The van der Waals surface area contributed by atoms with Crippen LogP contribution in [0.3, 0.4) is 0 Å². The zero-order chi connectivity index (χ0) is 15.8. The molecule has 20 heavy (non-hydrogen) atoms. The van der Waals surface area contributed by atoms with Crippen LogP contribution in [-0.4, -0.2) is 24.0 Å². The van der Waals surface area contributed by atoms with Gasteiger partial charge in [-0.1, -0.05) is 25.4 Å². The van der Waals surface area contributed by atoms with Crippen molar-refractivity contribution in [3.8, 4) is 5.75 Å². The molecule has 1 aromatic rings. The van der Waals surface area contributed by atoms with E-state index in [1.54, 1.807) is 20.3 Å². The van der Waals surface area contributed by atoms with Crippen molar-refractivity contribution < 1.29 is 23.8 Å². The first-order valence-electron chi connectivity index (χ1n) is 6.17. The van der Waals surface area contributed by atoms with Gasteiger partial charge in [-0.25, -0.2) is 0 Å². The van der Waals surface area contributed by atoms with Crippen LogP contribution in [0, 0.1) is 0 Å². The highest BCUT2D eigenvalue weighted by molar-refractivity contribution is 7.30. The van der Waals surface area contributed by atoms with E-state index in [0.717, 1.165) is 24.2 Å². The molecule has 0 aromatic heterocycles. The van der Waals surface area contributed by atoms with Crippen LogP contribution < -0.4 is 4.74 Å². The minimum atomic E-state index is -3.13. The second-order valence-corrected chi connectivity index (χ2v) is 5.07. The zero-order valence-corrected chi connectivity index (χ0v) is 13.9. The van der Waals surface area contributed by atoms with E-state index >= 15 is 0 Å². The molecule has 0 amide bonds. The van der Waals surface area contributed by atoms with Crippen LogP contribution in [0.1, 0.15) is 32.3 Å². The topological polar surface area (TPSA) is 76.0 Å². The number of ether oxygens (including phenoxy) is 2. The van der Waals surface area contributed by atoms with Crippen molar-refractivity contribution in [1.82, 2.24) is 0 Å². The van der Waals surface area contributed by atoms with E-state index in [4.69, 9.17) is 35.4 Å². The largest absolute Gasteiger partial charge is 0.497 e. The van der Waals surface area contributed by atoms with Crippen LogP contribution in [0.4, 0.5) is 0 Å². The van der Waals surface area contributed by atoms with Crippen LogP contribution in [0.5, 0.6) is 5.75 Å². The average Bonchev–Trinajstić information content (AvgIpc) is 2.40. The van der Waals surface area contributed by atoms with E-state index in [1.807, 2.05) is 12.1 Å². The molecule has 0 atom stereocenters. The number of halogens is 1. The van der Waals surface area contributed by atoms with Crippen LogP contribution in [-0.2, 0) is 14.9 Å². The van der Waals surface area contributed by atoms with Crippen molar-refractivity contribution in [3.63, 3.8) is 0 Å². The fourth-order valence-corrected chi connectivity index (χ4v) is 2.23. The minimum Gasteiger partial charge on any atom is -0.497 e. The molecule has 0 saturated carbocycles. The van der Waals surface area contributed by atoms with Gasteiger partial charge in [-0.05, 0) is 36.6 Å². The van der Waals surface area contributed by atoms with E-state index in [0.29, 0.717) is 5.02 Å². The molecule has 0 radical (unpaired) electrons. The Morgan fingerprint density at radius 2 is 1.70 bits per heavy atom. The summed E-state index contributed by atoms with van der Waals surface area (Å²) in [6.07, 6.45) is 1.81. The molecule has 0 fully saturated rings. The van der Waals surface area contributed by atoms with Crippen molar-refractivity contribution in [3.05, 3.63) is 28.8 Å². The molecular formula is C13H22ClO5P. The third-order valence-corrected chi connectivity index (χ3v) is 3.38. The summed E-state index contributed by atoms with van der Waals surface area (Å²) in [6, 6.07) is 5.74. The van der Waals surface area contributed by atoms with Gasteiger partial charge in [0, 0.05) is 12.1 Å². The number of methoxy groups -OCH3 is 2. The van der Waals surface area contributed by atoms with Gasteiger partial charge in [-0.15, -0.1) is 0 Å². The molecule has 1 aromatic carbocycles. The Balaban J connectivity index is 0.000000796. The van der Waals surface area contributed by atoms with E-state index < -0.39 is 8.25 Å². The van der Waals surface area contributed by atoms with Gasteiger partial charge in [0.15, 0.2) is 0 Å². The molecule has 0 saturated heterocycles. The van der Waals surface area contributed by atoms with Crippen LogP contribution in [0.25, 0.3) is 0 Å². The summed E-state index contributed by atoms with van der Waals surface area (Å²) >= 11 is 6.07. The minimum absolute atomic E-state index is 0.266. The fourth-order valence-electron chi connectivity index (χ4n) is 2.01. The summed E-state index contributed by atoms with van der Waals surface area (Å²) < 4.78 is 19.6. The molecule has 0 aliphatic rings. The molecule has 7 heteroatoms. The number of hydrogen-bond donors (Lipinski definition) is 2. The lowest BCUT2D eigenvalue weighted by Crippen LogP contribution is -2.26. The Morgan fingerprint density at radius 1 is 1.20 bits per heavy atom. The normalized spacial score (nSPS) is 11.0. The molecule has 2 N–H and O–H groups in total. The first kappa shape index (κ1) is 19.4. The summed E-state index contributed by atoms with van der Waals surface area (Å²) in [6.45, 7) is 4.22. The molecule has 116 valence electrons. The highest BCUT2D eigenvalue weighted by Crippen LogP contribution is 2.36. The van der Waals surface area contributed by atoms with E-state index in [1.165, 1.54) is 0 Å². The highest BCUT2D eigenvalue weighted by Gasteiger charge is 2.28. The fraction of sp³-hybridized carbons (Fsp3) is 0.538. The van der Waals surface area contributed by atoms with Gasteiger partial charge in [0.1, 0.15) is 5.75 Å². The highest BCUT2D eigenvalue weighted by atomic mass is 35.5. The second-order valence-electron chi connectivity index (χ2n) is 4.07. The van der Waals surface area contributed by atoms with E-state index in [9.17, 15) is 0 Å². The predicted molar refractivity (Wildman–Crippen MR) is 80.7 cm³/mol. The summed E-state index contributed by atoms with van der Waals surface area (Å²) in [7, 11) is 0.248. The van der Waals surface area contributed by atoms with Gasteiger partial charge in [-0.2, -0.15) is 0 Å². The first-order valence-corrected chi connectivity index (χ1v) is 7.85. The van der Waals surface area contributed by atoms with Gasteiger partial charge < -0.3 is 19.3 Å². The Kier molecular flexibility index (Phi) is 9.10. The Bertz CT molecular complexity index is 423. The first-order chi connectivity index (χ1) is 9.34. The molecule has 0 unspecified atom stereocenters. The molecule has 1 rings (SSSR count). The summed E-state index contributed by atoms with van der Waals surface area (Å²) in [5.74, 6) is 0.769. The Labute approximate surface area is 125 Å². The lowest BCUT2D eigenvalue weighted by molar-refractivity contribution is -0.0218. The molecule has 0 aliphatic carbocycles. The van der Waals surface area contributed by atoms with E-state index in [-0.39, 0.29) is 5.60 Å². The van der Waals surface area contributed by atoms with Gasteiger partial charge in [0.2, 0.25) is 0 Å². The predicted octanol–water partition coefficient (Wildman–Crippen LogP) is 3.37. The third kappa shape index (κ3) is 5.81. The smallest absolute Gasteiger partial charge is 0.314 e. The van der Waals surface area contributed by atoms with Crippen LogP contribution in [0.15, 0.2) is 18.2 Å². The van der Waals surface area contributed by atoms with E-state index in [2.05, 4.69) is 13.8 Å². The molecule has 0 spiro atoms.